The minimum atomic E-state index is 0.0387. The van der Waals surface area contributed by atoms with Gasteiger partial charge in [0.25, 0.3) is 0 Å². The molecule has 7 rings (SSSR count). The molecule has 0 radical (unpaired) electrons. The summed E-state index contributed by atoms with van der Waals surface area (Å²) in [5.74, 6) is 0. The van der Waals surface area contributed by atoms with E-state index in [9.17, 15) is 31.6 Å². The number of hydrogen-bond acceptors (Lipinski definition) is 6. The van der Waals surface area contributed by atoms with Gasteiger partial charge in [-0.1, -0.05) is 60.7 Å². The molecule has 0 heterocycles. The molecule has 2 aliphatic carbocycles. The summed E-state index contributed by atoms with van der Waals surface area (Å²) in [6.45, 7) is 31.3. The van der Waals surface area contributed by atoms with Crippen LogP contribution in [0.15, 0.2) is 97.1 Å². The van der Waals surface area contributed by atoms with Crippen LogP contribution in [0.2, 0.25) is 0 Å². The second-order valence-corrected chi connectivity index (χ2v) is 12.7. The Morgan fingerprint density at radius 2 is 0.897 bits per heavy atom. The van der Waals surface area contributed by atoms with Crippen LogP contribution in [0.3, 0.4) is 0 Å². The summed E-state index contributed by atoms with van der Waals surface area (Å²) < 4.78 is 0. The van der Waals surface area contributed by atoms with Gasteiger partial charge in [0.15, 0.2) is 17.1 Å². The first-order valence-corrected chi connectivity index (χ1v) is 16.9. The molecule has 0 bridgehead atoms. The van der Waals surface area contributed by atoms with Crippen LogP contribution in [0.25, 0.3) is 64.1 Å². The Balaban J connectivity index is 1.66. The minimum Gasteiger partial charge on any atom is -0.239 e. The third kappa shape index (κ3) is 5.86. The molecule has 0 unspecified atom stereocenters. The van der Waals surface area contributed by atoms with Gasteiger partial charge in [-0.15, -0.1) is 0 Å². The summed E-state index contributed by atoms with van der Waals surface area (Å²) in [6, 6.07) is 38.1. The molecule has 0 amide bonds. The van der Waals surface area contributed by atoms with Gasteiger partial charge < -0.3 is 0 Å². The number of allylic oxidation sites excluding steroid dienone is 7. The van der Waals surface area contributed by atoms with E-state index in [2.05, 4.69) is 43.7 Å². The summed E-state index contributed by atoms with van der Waals surface area (Å²) in [4.78, 5) is 14.5. The average molecular weight is 733 g/mol. The molecule has 0 fully saturated rings. The van der Waals surface area contributed by atoms with Crippen molar-refractivity contribution in [2.45, 2.75) is 0 Å². The molecule has 0 aliphatic heterocycles. The first kappa shape index (κ1) is 36.3. The van der Waals surface area contributed by atoms with E-state index < -0.39 is 0 Å². The Hall–Kier alpha value is -10.0. The average Bonchev–Trinajstić information content (AvgIpc) is 3.77. The quantitative estimate of drug-likeness (QED) is 0.132. The maximum atomic E-state index is 10.9. The fraction of sp³-hybridized carbons (Fsp3) is 0. The summed E-state index contributed by atoms with van der Waals surface area (Å²) in [5.41, 5.74) is 5.87. The Morgan fingerprint density at radius 1 is 0.414 bits per heavy atom. The molecule has 0 atom stereocenters. The second kappa shape index (κ2) is 14.8. The predicted molar refractivity (Wildman–Crippen MR) is 216 cm³/mol. The lowest BCUT2D eigenvalue weighted by Gasteiger charge is -2.15. The van der Waals surface area contributed by atoms with E-state index in [4.69, 9.17) is 26.3 Å². The molecular weight excluding hydrogens is 717 g/mol. The molecule has 0 aromatic heterocycles. The summed E-state index contributed by atoms with van der Waals surface area (Å²) in [7, 11) is 0. The highest BCUT2D eigenvalue weighted by Crippen LogP contribution is 2.56. The zero-order valence-corrected chi connectivity index (χ0v) is 29.7. The molecule has 0 saturated carbocycles. The Bertz CT molecular complexity index is 3010. The zero-order valence-electron chi connectivity index (χ0n) is 29.7. The van der Waals surface area contributed by atoms with Crippen molar-refractivity contribution in [1.82, 2.24) is 0 Å². The Kier molecular flexibility index (Phi) is 9.25. The van der Waals surface area contributed by atoms with Crippen molar-refractivity contribution in [3.63, 3.8) is 0 Å². The largest absolute Gasteiger partial charge is 0.239 e. The third-order valence-corrected chi connectivity index (χ3v) is 9.67. The van der Waals surface area contributed by atoms with E-state index in [-0.39, 0.29) is 61.6 Å². The molecule has 5 aromatic rings. The number of benzene rings is 5. The maximum Gasteiger partial charge on any atom is 0.203 e. The number of fused-ring (bicyclic) bond motifs is 2. The van der Waals surface area contributed by atoms with Gasteiger partial charge in [0.1, 0.15) is 18.2 Å². The van der Waals surface area contributed by atoms with Gasteiger partial charge in [0.05, 0.1) is 77.9 Å². The molecule has 0 N–H and O–H groups in total. The van der Waals surface area contributed by atoms with E-state index in [1.165, 1.54) is 36.4 Å². The topological polar surface area (TPSA) is 160 Å². The van der Waals surface area contributed by atoms with Crippen molar-refractivity contribution in [1.29, 1.82) is 31.6 Å². The molecule has 58 heavy (non-hydrogen) atoms. The molecule has 0 spiro atoms. The van der Waals surface area contributed by atoms with Crippen LogP contribution in [-0.4, -0.2) is 0 Å². The van der Waals surface area contributed by atoms with Gasteiger partial charge >= 0.3 is 0 Å². The standard InChI is InChI=1S/C48H16N10/c1-55-34-11-9-31(10-12-34)45-47(42(25-53)33-16-35(56-2)18-36(17-33)57-3)39-19-37-38(20-40(39)48(45)58-4)46(41(24-52)32-14-28(22-50)13-29(15-32)23-51)44(43(37)26-54)30-7-5-27(21-49)6-8-30/h5-20H/b46-41-,47-42-. The van der Waals surface area contributed by atoms with Crippen LogP contribution in [0, 0.1) is 94.3 Å². The first-order valence-electron chi connectivity index (χ1n) is 16.9. The molecule has 10 nitrogen and oxygen atoms in total. The van der Waals surface area contributed by atoms with Crippen LogP contribution in [0.1, 0.15) is 61.2 Å². The van der Waals surface area contributed by atoms with Crippen molar-refractivity contribution in [2.75, 3.05) is 0 Å². The lowest BCUT2D eigenvalue weighted by atomic mass is 9.86. The van der Waals surface area contributed by atoms with Crippen molar-refractivity contribution >= 4 is 61.8 Å². The van der Waals surface area contributed by atoms with E-state index in [0.717, 1.165) is 0 Å². The number of hydrogen-bond donors (Lipinski definition) is 0. The highest BCUT2D eigenvalue weighted by atomic mass is 14.7. The van der Waals surface area contributed by atoms with E-state index in [1.54, 1.807) is 60.7 Å². The van der Waals surface area contributed by atoms with Crippen LogP contribution in [-0.2, 0) is 0 Å². The van der Waals surface area contributed by atoms with E-state index in [1.807, 2.05) is 12.1 Å². The van der Waals surface area contributed by atoms with Crippen molar-refractivity contribution in [3.8, 4) is 36.4 Å². The molecular formula is C48H16N10. The van der Waals surface area contributed by atoms with Crippen molar-refractivity contribution < 1.29 is 0 Å². The highest BCUT2D eigenvalue weighted by molar-refractivity contribution is 6.34. The van der Waals surface area contributed by atoms with Gasteiger partial charge in [0, 0.05) is 16.7 Å². The van der Waals surface area contributed by atoms with Crippen LogP contribution >= 0.6 is 0 Å². The molecule has 2 aliphatic rings. The van der Waals surface area contributed by atoms with E-state index >= 15 is 0 Å². The third-order valence-electron chi connectivity index (χ3n) is 9.67. The molecule has 10 heteroatoms. The van der Waals surface area contributed by atoms with Gasteiger partial charge in [-0.2, -0.15) is 31.6 Å². The molecule has 5 aromatic carbocycles. The Morgan fingerprint density at radius 3 is 1.40 bits per heavy atom. The van der Waals surface area contributed by atoms with Gasteiger partial charge in [-0.3, -0.25) is 0 Å². The monoisotopic (exact) mass is 732 g/mol. The number of nitrogens with zero attached hydrogens (tertiary/aromatic N) is 10. The minimum absolute atomic E-state index is 0.0387. The molecule has 0 saturated heterocycles. The lowest BCUT2D eigenvalue weighted by Crippen LogP contribution is -1.97. The molecule has 258 valence electrons. The van der Waals surface area contributed by atoms with Crippen LogP contribution < -0.4 is 0 Å². The first-order chi connectivity index (χ1) is 28.3. The fourth-order valence-electron chi connectivity index (χ4n) is 7.23. The van der Waals surface area contributed by atoms with Crippen molar-refractivity contribution in [3.05, 3.63) is 204 Å². The smallest absolute Gasteiger partial charge is 0.203 e. The highest BCUT2D eigenvalue weighted by Gasteiger charge is 2.37. The van der Waals surface area contributed by atoms with Crippen molar-refractivity contribution in [2.24, 2.45) is 0 Å². The van der Waals surface area contributed by atoms with Crippen LogP contribution in [0.4, 0.5) is 17.1 Å². The van der Waals surface area contributed by atoms with Gasteiger partial charge in [-0.05, 0) is 86.5 Å². The summed E-state index contributed by atoms with van der Waals surface area (Å²) in [5, 5.41) is 61.9. The fourth-order valence-corrected chi connectivity index (χ4v) is 7.23. The number of rotatable bonds is 4. The van der Waals surface area contributed by atoms with Gasteiger partial charge in [0.2, 0.25) is 5.70 Å². The summed E-state index contributed by atoms with van der Waals surface area (Å²) in [6.07, 6.45) is 0. The normalized spacial score (nSPS) is 13.6. The van der Waals surface area contributed by atoms with Gasteiger partial charge in [-0.25, -0.2) is 19.4 Å². The Labute approximate surface area is 332 Å². The number of nitriles is 6. The SMILES string of the molecule is [C-]#[N+]C1=C(c2ccc([N+]#[C-])cc2)/C(=C(/C#N)c2cc([N+]#[C-])cc([N+]#[C-])c2)c2cc3c(cc21)/C(=C(\C#N)c1cc(C#N)cc(C#N)c1)C(c1ccc(C#N)cc1)=C3C#N. The summed E-state index contributed by atoms with van der Waals surface area (Å²) >= 11 is 0. The van der Waals surface area contributed by atoms with E-state index in [0.29, 0.717) is 61.4 Å². The van der Waals surface area contributed by atoms with Crippen LogP contribution in [0.5, 0.6) is 0 Å². The zero-order chi connectivity index (χ0) is 41.1. The maximum absolute atomic E-state index is 10.9. The lowest BCUT2D eigenvalue weighted by molar-refractivity contribution is 1.43. The second-order valence-electron chi connectivity index (χ2n) is 12.7. The predicted octanol–water partition coefficient (Wildman–Crippen LogP) is 11.1.